The molecule has 5 heteroatoms. The molecule has 4 aromatic rings. The molecule has 5 nitrogen and oxygen atoms in total. The minimum Gasteiger partial charge on any atom is -0.361 e. The van der Waals surface area contributed by atoms with Crippen molar-refractivity contribution >= 4 is 27.7 Å². The fraction of sp³-hybridized carbons (Fsp3) is 0.393. The second-order valence-electron chi connectivity index (χ2n) is 9.42. The lowest BCUT2D eigenvalue weighted by molar-refractivity contribution is -0.122. The predicted octanol–water partition coefficient (Wildman–Crippen LogP) is 5.32. The van der Waals surface area contributed by atoms with Crippen LogP contribution in [0.3, 0.4) is 0 Å². The van der Waals surface area contributed by atoms with Crippen LogP contribution in [-0.4, -0.2) is 39.9 Å². The first kappa shape index (κ1) is 21.8. The topological polar surface area (TPSA) is 63.9 Å². The van der Waals surface area contributed by atoms with E-state index in [0.29, 0.717) is 6.42 Å². The third-order valence-corrected chi connectivity index (χ3v) is 7.01. The van der Waals surface area contributed by atoms with Gasteiger partial charge in [-0.2, -0.15) is 0 Å². The molecule has 0 spiro atoms. The van der Waals surface area contributed by atoms with Gasteiger partial charge < -0.3 is 15.3 Å². The standard InChI is InChI=1S/C28H34N4O/c1-2-5-20-8-10-27-25(16-20)22(18-30-27)19-32-14-12-23(13-15-32)31-28(33)11-9-21-17-29-26-7-4-3-6-24(21)26/h3-4,6-8,10,16-18,23,29-30H,2,5,9,11-15,19H2,1H3,(H,31,33). The summed E-state index contributed by atoms with van der Waals surface area (Å²) in [5.74, 6) is 0.166. The zero-order valence-corrected chi connectivity index (χ0v) is 19.5. The molecule has 0 saturated carbocycles. The zero-order valence-electron chi connectivity index (χ0n) is 19.5. The highest BCUT2D eigenvalue weighted by molar-refractivity contribution is 5.85. The number of hydrogen-bond donors (Lipinski definition) is 3. The van der Waals surface area contributed by atoms with Gasteiger partial charge in [0, 0.05) is 66.3 Å². The van der Waals surface area contributed by atoms with Gasteiger partial charge in [0.2, 0.25) is 5.91 Å². The number of para-hydroxylation sites is 1. The highest BCUT2D eigenvalue weighted by Crippen LogP contribution is 2.24. The van der Waals surface area contributed by atoms with E-state index in [9.17, 15) is 4.79 Å². The van der Waals surface area contributed by atoms with Crippen LogP contribution < -0.4 is 5.32 Å². The number of nitrogens with one attached hydrogen (secondary N) is 3. The average molecular weight is 443 g/mol. The third kappa shape index (κ3) is 4.98. The monoisotopic (exact) mass is 442 g/mol. The number of hydrogen-bond acceptors (Lipinski definition) is 2. The first-order valence-corrected chi connectivity index (χ1v) is 12.3. The van der Waals surface area contributed by atoms with Crippen molar-refractivity contribution in [3.63, 3.8) is 0 Å². The van der Waals surface area contributed by atoms with Crippen molar-refractivity contribution in [3.8, 4) is 0 Å². The van der Waals surface area contributed by atoms with Crippen LogP contribution in [0.1, 0.15) is 49.3 Å². The van der Waals surface area contributed by atoms with Gasteiger partial charge in [0.25, 0.3) is 0 Å². The highest BCUT2D eigenvalue weighted by Gasteiger charge is 2.21. The van der Waals surface area contributed by atoms with Gasteiger partial charge in [0.1, 0.15) is 0 Å². The number of benzene rings is 2. The Morgan fingerprint density at radius 3 is 2.55 bits per heavy atom. The summed E-state index contributed by atoms with van der Waals surface area (Å²) in [6.07, 6.45) is 9.85. The van der Waals surface area contributed by atoms with Gasteiger partial charge >= 0.3 is 0 Å². The number of piperidine rings is 1. The molecule has 3 heterocycles. The van der Waals surface area contributed by atoms with Crippen LogP contribution >= 0.6 is 0 Å². The number of amides is 1. The van der Waals surface area contributed by atoms with Crippen molar-refractivity contribution < 1.29 is 4.79 Å². The summed E-state index contributed by atoms with van der Waals surface area (Å²) >= 11 is 0. The maximum atomic E-state index is 12.6. The van der Waals surface area contributed by atoms with Crippen molar-refractivity contribution in [2.24, 2.45) is 0 Å². The van der Waals surface area contributed by atoms with Crippen LogP contribution in [0.5, 0.6) is 0 Å². The first-order chi connectivity index (χ1) is 16.2. The van der Waals surface area contributed by atoms with E-state index in [4.69, 9.17) is 0 Å². The Balaban J connectivity index is 1.10. The normalized spacial score (nSPS) is 15.4. The summed E-state index contributed by atoms with van der Waals surface area (Å²) < 4.78 is 0. The Bertz CT molecular complexity index is 1230. The van der Waals surface area contributed by atoms with E-state index < -0.39 is 0 Å². The molecule has 0 radical (unpaired) electrons. The molecular weight excluding hydrogens is 408 g/mol. The molecule has 33 heavy (non-hydrogen) atoms. The van der Waals surface area contributed by atoms with Gasteiger partial charge in [-0.15, -0.1) is 0 Å². The SMILES string of the molecule is CCCc1ccc2[nH]cc(CN3CCC(NC(=O)CCc4c[nH]c5ccccc45)CC3)c2c1. The number of aryl methyl sites for hydroxylation is 2. The number of aromatic nitrogens is 2. The van der Waals surface area contributed by atoms with Crippen LogP contribution in [-0.2, 0) is 24.2 Å². The Morgan fingerprint density at radius 2 is 1.73 bits per heavy atom. The highest BCUT2D eigenvalue weighted by atomic mass is 16.1. The van der Waals surface area contributed by atoms with Crippen molar-refractivity contribution in [2.45, 2.75) is 58.0 Å². The quantitative estimate of drug-likeness (QED) is 0.346. The minimum atomic E-state index is 0.166. The molecule has 0 atom stereocenters. The molecular formula is C28H34N4O. The summed E-state index contributed by atoms with van der Waals surface area (Å²) in [5, 5.41) is 5.85. The van der Waals surface area contributed by atoms with E-state index in [1.807, 2.05) is 18.3 Å². The summed E-state index contributed by atoms with van der Waals surface area (Å²) in [5.41, 5.74) is 6.37. The molecule has 0 bridgehead atoms. The summed E-state index contributed by atoms with van der Waals surface area (Å²) in [6.45, 7) is 5.24. The average Bonchev–Trinajstić information content (AvgIpc) is 3.43. The van der Waals surface area contributed by atoms with E-state index in [2.05, 4.69) is 63.6 Å². The Labute approximate surface area is 195 Å². The van der Waals surface area contributed by atoms with Crippen LogP contribution in [0, 0.1) is 0 Å². The Kier molecular flexibility index (Phi) is 6.49. The summed E-state index contributed by atoms with van der Waals surface area (Å²) in [6, 6.07) is 15.4. The fourth-order valence-corrected chi connectivity index (χ4v) is 5.16. The molecule has 0 aliphatic carbocycles. The molecule has 3 N–H and O–H groups in total. The largest absolute Gasteiger partial charge is 0.361 e. The molecule has 172 valence electrons. The van der Waals surface area contributed by atoms with Gasteiger partial charge in [0.05, 0.1) is 0 Å². The van der Waals surface area contributed by atoms with Crippen LogP contribution in [0.25, 0.3) is 21.8 Å². The van der Waals surface area contributed by atoms with Crippen LogP contribution in [0.4, 0.5) is 0 Å². The summed E-state index contributed by atoms with van der Waals surface area (Å²) in [4.78, 5) is 21.8. The minimum absolute atomic E-state index is 0.166. The lowest BCUT2D eigenvalue weighted by Crippen LogP contribution is -2.44. The molecule has 1 amide bonds. The van der Waals surface area contributed by atoms with Crippen molar-refractivity contribution in [1.82, 2.24) is 20.2 Å². The Hall–Kier alpha value is -3.05. The number of rotatable bonds is 8. The molecule has 5 rings (SSSR count). The van der Waals surface area contributed by atoms with Gasteiger partial charge in [-0.25, -0.2) is 0 Å². The molecule has 1 aliphatic rings. The van der Waals surface area contributed by atoms with Crippen molar-refractivity contribution in [3.05, 3.63) is 71.5 Å². The van der Waals surface area contributed by atoms with E-state index in [0.717, 1.165) is 50.8 Å². The molecule has 0 unspecified atom stereocenters. The number of carbonyl (C=O) groups is 1. The number of carbonyl (C=O) groups excluding carboxylic acids is 1. The number of fused-ring (bicyclic) bond motifs is 2. The lowest BCUT2D eigenvalue weighted by atomic mass is 10.0. The van der Waals surface area contributed by atoms with Crippen LogP contribution in [0.2, 0.25) is 0 Å². The van der Waals surface area contributed by atoms with Crippen molar-refractivity contribution in [2.75, 3.05) is 13.1 Å². The number of aromatic amines is 2. The maximum absolute atomic E-state index is 12.6. The van der Waals surface area contributed by atoms with E-state index in [1.54, 1.807) is 0 Å². The Morgan fingerprint density at radius 1 is 0.970 bits per heavy atom. The van der Waals surface area contributed by atoms with Crippen LogP contribution in [0.15, 0.2) is 54.9 Å². The first-order valence-electron chi connectivity index (χ1n) is 12.3. The smallest absolute Gasteiger partial charge is 0.220 e. The lowest BCUT2D eigenvalue weighted by Gasteiger charge is -2.32. The van der Waals surface area contributed by atoms with Gasteiger partial charge in [-0.1, -0.05) is 37.6 Å². The van der Waals surface area contributed by atoms with E-state index >= 15 is 0 Å². The maximum Gasteiger partial charge on any atom is 0.220 e. The van der Waals surface area contributed by atoms with Gasteiger partial charge in [0.15, 0.2) is 0 Å². The third-order valence-electron chi connectivity index (χ3n) is 7.01. The fourth-order valence-electron chi connectivity index (χ4n) is 5.16. The van der Waals surface area contributed by atoms with E-state index in [-0.39, 0.29) is 11.9 Å². The van der Waals surface area contributed by atoms with Gasteiger partial charge in [-0.3, -0.25) is 9.69 Å². The molecule has 2 aromatic heterocycles. The molecule has 1 aliphatic heterocycles. The van der Waals surface area contributed by atoms with Gasteiger partial charge in [-0.05, 0) is 60.6 Å². The predicted molar refractivity (Wildman–Crippen MR) is 135 cm³/mol. The molecule has 2 aromatic carbocycles. The zero-order chi connectivity index (χ0) is 22.6. The summed E-state index contributed by atoms with van der Waals surface area (Å²) in [7, 11) is 0. The molecule has 1 fully saturated rings. The number of nitrogens with zero attached hydrogens (tertiary/aromatic N) is 1. The number of H-pyrrole nitrogens is 2. The van der Waals surface area contributed by atoms with E-state index in [1.165, 1.54) is 39.4 Å². The second-order valence-corrected chi connectivity index (χ2v) is 9.42. The second kappa shape index (κ2) is 9.84. The number of likely N-dealkylation sites (tertiary alicyclic amines) is 1. The van der Waals surface area contributed by atoms with Crippen molar-refractivity contribution in [1.29, 1.82) is 0 Å². The molecule has 1 saturated heterocycles.